The first-order chi connectivity index (χ1) is 7.22. The predicted octanol–water partition coefficient (Wildman–Crippen LogP) is 0.437. The van der Waals surface area contributed by atoms with Gasteiger partial charge in [0.25, 0.3) is 0 Å². The fraction of sp³-hybridized carbons (Fsp3) is 0.909. The highest BCUT2D eigenvalue weighted by atomic mass is 16.5. The Morgan fingerprint density at radius 3 is 3.00 bits per heavy atom. The Balaban J connectivity index is 1.91. The van der Waals surface area contributed by atoms with E-state index in [2.05, 4.69) is 24.2 Å². The minimum atomic E-state index is 0.0103. The summed E-state index contributed by atoms with van der Waals surface area (Å²) in [6.07, 6.45) is 1.99. The number of rotatable bonds is 3. The molecule has 0 spiro atoms. The molecule has 2 aliphatic rings. The van der Waals surface area contributed by atoms with E-state index in [1.807, 2.05) is 0 Å². The Hall–Kier alpha value is -0.610. The number of esters is 1. The molecule has 2 aliphatic heterocycles. The van der Waals surface area contributed by atoms with Crippen LogP contribution in [0.5, 0.6) is 0 Å². The first-order valence-corrected chi connectivity index (χ1v) is 5.80. The van der Waals surface area contributed by atoms with Crippen LogP contribution in [0.15, 0.2) is 0 Å². The zero-order valence-corrected chi connectivity index (χ0v) is 9.53. The topological polar surface area (TPSA) is 41.6 Å². The molecule has 0 amide bonds. The summed E-state index contributed by atoms with van der Waals surface area (Å²) < 4.78 is 5.14. The largest absolute Gasteiger partial charge is 0.465 e. The Morgan fingerprint density at radius 1 is 1.60 bits per heavy atom. The second kappa shape index (κ2) is 4.49. The van der Waals surface area contributed by atoms with Gasteiger partial charge in [-0.2, -0.15) is 0 Å². The Bertz CT molecular complexity index is 245. The summed E-state index contributed by atoms with van der Waals surface area (Å²) in [4.78, 5) is 13.7. The number of carbonyl (C=O) groups is 1. The summed E-state index contributed by atoms with van der Waals surface area (Å²) in [6, 6.07) is 0.568. The molecule has 4 nitrogen and oxygen atoms in total. The molecule has 2 fully saturated rings. The molecule has 0 aromatic heterocycles. The molecule has 1 unspecified atom stereocenters. The summed E-state index contributed by atoms with van der Waals surface area (Å²) in [6.45, 7) is 4.70. The van der Waals surface area contributed by atoms with Crippen LogP contribution in [0.25, 0.3) is 0 Å². The van der Waals surface area contributed by atoms with Crippen LogP contribution in [-0.4, -0.2) is 43.8 Å². The molecule has 4 heteroatoms. The molecular weight excluding hydrogens is 192 g/mol. The maximum atomic E-state index is 11.4. The van der Waals surface area contributed by atoms with Gasteiger partial charge in [-0.05, 0) is 19.9 Å². The molecule has 15 heavy (non-hydrogen) atoms. The lowest BCUT2D eigenvalue weighted by Gasteiger charge is -2.22. The zero-order chi connectivity index (χ0) is 10.8. The monoisotopic (exact) mass is 212 g/mol. The summed E-state index contributed by atoms with van der Waals surface area (Å²) in [7, 11) is 2.13. The van der Waals surface area contributed by atoms with Gasteiger partial charge in [-0.3, -0.25) is 9.69 Å². The predicted molar refractivity (Wildman–Crippen MR) is 57.3 cm³/mol. The van der Waals surface area contributed by atoms with Crippen molar-refractivity contribution >= 4 is 5.97 Å². The summed E-state index contributed by atoms with van der Waals surface area (Å²) in [5.74, 6) is 0.574. The second-order valence-corrected chi connectivity index (χ2v) is 4.66. The lowest BCUT2D eigenvalue weighted by molar-refractivity contribution is -0.141. The highest BCUT2D eigenvalue weighted by molar-refractivity contribution is 5.74. The van der Waals surface area contributed by atoms with Crippen LogP contribution in [0.3, 0.4) is 0 Å². The third-order valence-electron chi connectivity index (χ3n) is 3.69. The molecule has 2 heterocycles. The van der Waals surface area contributed by atoms with E-state index in [0.717, 1.165) is 26.1 Å². The molecule has 0 saturated carbocycles. The molecule has 3 atom stereocenters. The molecule has 1 N–H and O–H groups in total. The lowest BCUT2D eigenvalue weighted by atomic mass is 9.87. The van der Waals surface area contributed by atoms with E-state index in [4.69, 9.17) is 4.74 Å². The zero-order valence-electron chi connectivity index (χ0n) is 9.53. The normalized spacial score (nSPS) is 37.2. The SMILES string of the molecule is CC[C@@H]1C(=O)OC[C@@H]1CC1CNCN1C. The van der Waals surface area contributed by atoms with Gasteiger partial charge in [0, 0.05) is 25.2 Å². The lowest BCUT2D eigenvalue weighted by Crippen LogP contribution is -2.31. The van der Waals surface area contributed by atoms with Gasteiger partial charge in [0.05, 0.1) is 12.5 Å². The molecule has 2 saturated heterocycles. The highest BCUT2D eigenvalue weighted by Gasteiger charge is 2.37. The van der Waals surface area contributed by atoms with E-state index in [1.54, 1.807) is 0 Å². The van der Waals surface area contributed by atoms with Crippen molar-refractivity contribution in [1.29, 1.82) is 0 Å². The molecule has 0 bridgehead atoms. The number of carbonyl (C=O) groups excluding carboxylic acids is 1. The van der Waals surface area contributed by atoms with Crippen molar-refractivity contribution in [2.75, 3.05) is 26.9 Å². The van der Waals surface area contributed by atoms with E-state index in [0.29, 0.717) is 18.6 Å². The van der Waals surface area contributed by atoms with E-state index >= 15 is 0 Å². The smallest absolute Gasteiger partial charge is 0.309 e. The van der Waals surface area contributed by atoms with Gasteiger partial charge in [-0.15, -0.1) is 0 Å². The van der Waals surface area contributed by atoms with E-state index in [9.17, 15) is 4.79 Å². The van der Waals surface area contributed by atoms with Gasteiger partial charge >= 0.3 is 5.97 Å². The van der Waals surface area contributed by atoms with Crippen LogP contribution in [0.1, 0.15) is 19.8 Å². The molecular formula is C11H20N2O2. The van der Waals surface area contributed by atoms with Crippen molar-refractivity contribution in [3.8, 4) is 0 Å². The molecule has 0 aromatic carbocycles. The van der Waals surface area contributed by atoms with Gasteiger partial charge < -0.3 is 10.1 Å². The van der Waals surface area contributed by atoms with E-state index in [-0.39, 0.29) is 11.9 Å². The minimum absolute atomic E-state index is 0.0103. The highest BCUT2D eigenvalue weighted by Crippen LogP contribution is 2.30. The third kappa shape index (κ3) is 2.16. The standard InChI is InChI=1S/C11H20N2O2/c1-3-10-8(6-15-11(10)14)4-9-5-12-7-13(9)2/h8-10,12H,3-7H2,1-2H3/t8-,9?,10-/m0/s1. The molecule has 0 aliphatic carbocycles. The van der Waals surface area contributed by atoms with Crippen LogP contribution < -0.4 is 5.32 Å². The van der Waals surface area contributed by atoms with Gasteiger partial charge in [-0.25, -0.2) is 0 Å². The van der Waals surface area contributed by atoms with Crippen molar-refractivity contribution in [2.24, 2.45) is 11.8 Å². The van der Waals surface area contributed by atoms with Gasteiger partial charge in [0.1, 0.15) is 0 Å². The molecule has 0 aromatic rings. The molecule has 2 rings (SSSR count). The Labute approximate surface area is 91.0 Å². The van der Waals surface area contributed by atoms with Gasteiger partial charge in [0.15, 0.2) is 0 Å². The quantitative estimate of drug-likeness (QED) is 0.689. The van der Waals surface area contributed by atoms with Crippen LogP contribution in [0, 0.1) is 11.8 Å². The fourth-order valence-corrected chi connectivity index (χ4v) is 2.64. The van der Waals surface area contributed by atoms with Crippen molar-refractivity contribution in [3.05, 3.63) is 0 Å². The first-order valence-electron chi connectivity index (χ1n) is 5.80. The fourth-order valence-electron chi connectivity index (χ4n) is 2.64. The summed E-state index contributed by atoms with van der Waals surface area (Å²) in [5.41, 5.74) is 0. The number of hydrogen-bond donors (Lipinski definition) is 1. The van der Waals surface area contributed by atoms with Crippen molar-refractivity contribution in [2.45, 2.75) is 25.8 Å². The van der Waals surface area contributed by atoms with Gasteiger partial charge in [-0.1, -0.05) is 6.92 Å². The number of nitrogens with one attached hydrogen (secondary N) is 1. The minimum Gasteiger partial charge on any atom is -0.465 e. The summed E-state index contributed by atoms with van der Waals surface area (Å²) >= 11 is 0. The Morgan fingerprint density at radius 2 is 2.40 bits per heavy atom. The summed E-state index contributed by atoms with van der Waals surface area (Å²) in [5, 5.41) is 3.34. The number of cyclic esters (lactones) is 1. The van der Waals surface area contributed by atoms with Gasteiger partial charge in [0.2, 0.25) is 0 Å². The number of hydrogen-bond acceptors (Lipinski definition) is 4. The van der Waals surface area contributed by atoms with Crippen molar-refractivity contribution < 1.29 is 9.53 Å². The Kier molecular flexibility index (Phi) is 3.26. The first kappa shape index (κ1) is 10.9. The number of nitrogens with zero attached hydrogens (tertiary/aromatic N) is 1. The van der Waals surface area contributed by atoms with Crippen molar-refractivity contribution in [3.63, 3.8) is 0 Å². The molecule has 86 valence electrons. The van der Waals surface area contributed by atoms with E-state index in [1.165, 1.54) is 0 Å². The maximum absolute atomic E-state index is 11.4. The second-order valence-electron chi connectivity index (χ2n) is 4.66. The average Bonchev–Trinajstić information content (AvgIpc) is 2.76. The number of likely N-dealkylation sites (N-methyl/N-ethyl adjacent to an activating group) is 1. The van der Waals surface area contributed by atoms with Crippen LogP contribution in [0.2, 0.25) is 0 Å². The molecule has 0 radical (unpaired) electrons. The average molecular weight is 212 g/mol. The van der Waals surface area contributed by atoms with Crippen LogP contribution in [-0.2, 0) is 9.53 Å². The van der Waals surface area contributed by atoms with Crippen LogP contribution >= 0.6 is 0 Å². The number of ether oxygens (including phenoxy) is 1. The van der Waals surface area contributed by atoms with Crippen LogP contribution in [0.4, 0.5) is 0 Å². The van der Waals surface area contributed by atoms with Crippen molar-refractivity contribution in [1.82, 2.24) is 10.2 Å². The van der Waals surface area contributed by atoms with E-state index < -0.39 is 0 Å². The third-order valence-corrected chi connectivity index (χ3v) is 3.69. The maximum Gasteiger partial charge on any atom is 0.309 e.